The molecule has 1 N–H and O–H groups in total. The van der Waals surface area contributed by atoms with Gasteiger partial charge in [0.2, 0.25) is 0 Å². The highest BCUT2D eigenvalue weighted by molar-refractivity contribution is 6.00. The lowest BCUT2D eigenvalue weighted by molar-refractivity contribution is -0.138. The van der Waals surface area contributed by atoms with E-state index >= 15 is 0 Å². The van der Waals surface area contributed by atoms with Gasteiger partial charge in [-0.3, -0.25) is 14.6 Å². The third kappa shape index (κ3) is 3.76. The second kappa shape index (κ2) is 7.14. The Hall–Kier alpha value is -2.54. The molecule has 0 bridgehead atoms. The van der Waals surface area contributed by atoms with E-state index in [-0.39, 0.29) is 18.5 Å². The molecule has 6 nitrogen and oxygen atoms in total. The first-order valence-corrected chi connectivity index (χ1v) is 8.13. The molecule has 1 aromatic carbocycles. The van der Waals surface area contributed by atoms with Crippen molar-refractivity contribution in [2.24, 2.45) is 0 Å². The molecule has 0 saturated carbocycles. The number of pyridine rings is 1. The number of amides is 1. The van der Waals surface area contributed by atoms with Gasteiger partial charge in [-0.15, -0.1) is 0 Å². The number of aliphatic carboxylic acids is 1. The molecule has 7 heteroatoms. The van der Waals surface area contributed by atoms with Crippen molar-refractivity contribution in [3.63, 3.8) is 0 Å². The van der Waals surface area contributed by atoms with E-state index in [1.165, 1.54) is 17.0 Å². The van der Waals surface area contributed by atoms with Gasteiger partial charge >= 0.3 is 5.97 Å². The van der Waals surface area contributed by atoms with Crippen LogP contribution in [-0.2, 0) is 9.53 Å². The average Bonchev–Trinajstić information content (AvgIpc) is 2.59. The van der Waals surface area contributed by atoms with E-state index in [1.54, 1.807) is 19.1 Å². The van der Waals surface area contributed by atoms with Gasteiger partial charge in [0.15, 0.2) is 0 Å². The van der Waals surface area contributed by atoms with Crippen LogP contribution in [0, 0.1) is 12.7 Å². The highest BCUT2D eigenvalue weighted by Gasteiger charge is 2.29. The van der Waals surface area contributed by atoms with Crippen LogP contribution < -0.4 is 0 Å². The first-order valence-electron chi connectivity index (χ1n) is 8.13. The van der Waals surface area contributed by atoms with Gasteiger partial charge in [-0.25, -0.2) is 4.39 Å². The van der Waals surface area contributed by atoms with E-state index in [2.05, 4.69) is 4.98 Å². The normalized spacial score (nSPS) is 15.3. The largest absolute Gasteiger partial charge is 0.480 e. The minimum atomic E-state index is -1.06. The predicted molar refractivity (Wildman–Crippen MR) is 89.0 cm³/mol. The second-order valence-electron chi connectivity index (χ2n) is 6.13. The molecule has 25 heavy (non-hydrogen) atoms. The molecule has 0 spiro atoms. The van der Waals surface area contributed by atoms with Crippen molar-refractivity contribution in [2.45, 2.75) is 25.8 Å². The van der Waals surface area contributed by atoms with Crippen LogP contribution >= 0.6 is 0 Å². The fourth-order valence-corrected chi connectivity index (χ4v) is 3.12. The second-order valence-corrected chi connectivity index (χ2v) is 6.13. The zero-order chi connectivity index (χ0) is 18.0. The summed E-state index contributed by atoms with van der Waals surface area (Å²) in [6, 6.07) is 5.64. The molecule has 0 aliphatic carbocycles. The van der Waals surface area contributed by atoms with Gasteiger partial charge < -0.3 is 14.7 Å². The first-order chi connectivity index (χ1) is 12.0. The van der Waals surface area contributed by atoms with Crippen LogP contribution in [0.25, 0.3) is 10.9 Å². The highest BCUT2D eigenvalue weighted by Crippen LogP contribution is 2.22. The van der Waals surface area contributed by atoms with E-state index in [0.717, 1.165) is 0 Å². The molecule has 0 radical (unpaired) electrons. The number of rotatable bonds is 4. The van der Waals surface area contributed by atoms with E-state index in [4.69, 9.17) is 4.74 Å². The predicted octanol–water partition coefficient (Wildman–Crippen LogP) is 2.39. The summed E-state index contributed by atoms with van der Waals surface area (Å²) < 4.78 is 18.6. The number of benzene rings is 1. The van der Waals surface area contributed by atoms with Gasteiger partial charge in [0.05, 0.1) is 16.8 Å². The van der Waals surface area contributed by atoms with Gasteiger partial charge in [-0.2, -0.15) is 0 Å². The number of nitrogens with zero attached hydrogens (tertiary/aromatic N) is 2. The van der Waals surface area contributed by atoms with E-state index in [0.29, 0.717) is 48.2 Å². The maximum absolute atomic E-state index is 13.3. The molecule has 1 amide bonds. The minimum Gasteiger partial charge on any atom is -0.480 e. The number of carbonyl (C=O) groups excluding carboxylic acids is 1. The third-order valence-electron chi connectivity index (χ3n) is 4.40. The number of carboxylic acids is 1. The number of hydrogen-bond donors (Lipinski definition) is 1. The van der Waals surface area contributed by atoms with Gasteiger partial charge in [0.1, 0.15) is 12.4 Å². The van der Waals surface area contributed by atoms with Crippen LogP contribution in [0.15, 0.2) is 24.3 Å². The van der Waals surface area contributed by atoms with Crippen molar-refractivity contribution >= 4 is 22.8 Å². The maximum atomic E-state index is 13.3. The van der Waals surface area contributed by atoms with Crippen LogP contribution in [0.2, 0.25) is 0 Å². The summed E-state index contributed by atoms with van der Waals surface area (Å²) in [6.07, 6.45) is 1.20. The SMILES string of the molecule is Cc1nc2cc(F)ccc2cc1C(=O)N(CC(=O)O)C1CCOCC1. The Morgan fingerprint density at radius 1 is 1.32 bits per heavy atom. The number of aryl methyl sites for hydroxylation is 1. The van der Waals surface area contributed by atoms with Crippen LogP contribution in [0.5, 0.6) is 0 Å². The summed E-state index contributed by atoms with van der Waals surface area (Å²) in [5, 5.41) is 9.84. The standard InChI is InChI=1S/C18H19FN2O4/c1-11-15(8-12-2-3-13(19)9-16(12)20-11)18(24)21(10-17(22)23)14-4-6-25-7-5-14/h2-3,8-9,14H,4-7,10H2,1H3,(H,22,23). The summed E-state index contributed by atoms with van der Waals surface area (Å²) >= 11 is 0. The van der Waals surface area contributed by atoms with Crippen molar-refractivity contribution in [1.82, 2.24) is 9.88 Å². The topological polar surface area (TPSA) is 79.7 Å². The number of aromatic nitrogens is 1. The van der Waals surface area contributed by atoms with Gasteiger partial charge in [0, 0.05) is 30.7 Å². The van der Waals surface area contributed by atoms with Crippen molar-refractivity contribution < 1.29 is 23.8 Å². The molecular weight excluding hydrogens is 327 g/mol. The lowest BCUT2D eigenvalue weighted by atomic mass is 10.0. The zero-order valence-electron chi connectivity index (χ0n) is 13.9. The van der Waals surface area contributed by atoms with Crippen LogP contribution in [0.1, 0.15) is 28.9 Å². The average molecular weight is 346 g/mol. The molecule has 1 aromatic heterocycles. The Bertz CT molecular complexity index is 818. The molecule has 0 unspecified atom stereocenters. The van der Waals surface area contributed by atoms with Crippen LogP contribution in [0.4, 0.5) is 4.39 Å². The fourth-order valence-electron chi connectivity index (χ4n) is 3.12. The van der Waals surface area contributed by atoms with E-state index in [1.807, 2.05) is 0 Å². The quantitative estimate of drug-likeness (QED) is 0.919. The summed E-state index contributed by atoms with van der Waals surface area (Å²) in [6.45, 7) is 2.30. The molecule has 1 aliphatic rings. The summed E-state index contributed by atoms with van der Waals surface area (Å²) in [4.78, 5) is 29.9. The Kier molecular flexibility index (Phi) is 4.94. The fraction of sp³-hybridized carbons (Fsp3) is 0.389. The molecule has 2 heterocycles. The number of ether oxygens (including phenoxy) is 1. The molecule has 3 rings (SSSR count). The Morgan fingerprint density at radius 2 is 2.04 bits per heavy atom. The van der Waals surface area contributed by atoms with Crippen molar-refractivity contribution in [2.75, 3.05) is 19.8 Å². The van der Waals surface area contributed by atoms with Crippen LogP contribution in [0.3, 0.4) is 0 Å². The highest BCUT2D eigenvalue weighted by atomic mass is 19.1. The first kappa shape index (κ1) is 17.3. The summed E-state index contributed by atoms with van der Waals surface area (Å²) in [5.41, 5.74) is 1.25. The van der Waals surface area contributed by atoms with Gasteiger partial charge in [-0.05, 0) is 38.0 Å². The minimum absolute atomic E-state index is 0.180. The summed E-state index contributed by atoms with van der Waals surface area (Å²) in [7, 11) is 0. The lowest BCUT2D eigenvalue weighted by Crippen LogP contribution is -2.46. The number of halogens is 1. The smallest absolute Gasteiger partial charge is 0.323 e. The van der Waals surface area contributed by atoms with Gasteiger partial charge in [-0.1, -0.05) is 0 Å². The van der Waals surface area contributed by atoms with Crippen molar-refractivity contribution in [3.8, 4) is 0 Å². The number of hydrogen-bond acceptors (Lipinski definition) is 4. The zero-order valence-corrected chi connectivity index (χ0v) is 13.9. The summed E-state index contributed by atoms with van der Waals surface area (Å²) in [5.74, 6) is -1.83. The molecule has 0 atom stereocenters. The van der Waals surface area contributed by atoms with E-state index < -0.39 is 11.8 Å². The van der Waals surface area contributed by atoms with Gasteiger partial charge in [0.25, 0.3) is 5.91 Å². The Labute approximate surface area is 144 Å². The Balaban J connectivity index is 1.97. The van der Waals surface area contributed by atoms with E-state index in [9.17, 15) is 19.1 Å². The number of carbonyl (C=O) groups is 2. The third-order valence-corrected chi connectivity index (χ3v) is 4.40. The maximum Gasteiger partial charge on any atom is 0.323 e. The molecule has 132 valence electrons. The number of fused-ring (bicyclic) bond motifs is 1. The molecule has 1 aliphatic heterocycles. The van der Waals surface area contributed by atoms with Crippen molar-refractivity contribution in [3.05, 3.63) is 41.3 Å². The Morgan fingerprint density at radius 3 is 2.72 bits per heavy atom. The number of carboxylic acid groups (broad SMARTS) is 1. The molecule has 1 fully saturated rings. The molecule has 2 aromatic rings. The van der Waals surface area contributed by atoms with Crippen LogP contribution in [-0.4, -0.2) is 52.7 Å². The van der Waals surface area contributed by atoms with Crippen molar-refractivity contribution in [1.29, 1.82) is 0 Å². The molecule has 1 saturated heterocycles. The lowest BCUT2D eigenvalue weighted by Gasteiger charge is -2.33. The molecular formula is C18H19FN2O4. The monoisotopic (exact) mass is 346 g/mol.